The number of carbonyl (C=O) groups is 3. The summed E-state index contributed by atoms with van der Waals surface area (Å²) < 4.78 is 5.14. The number of rotatable bonds is 14. The third-order valence-corrected chi connectivity index (χ3v) is 5.75. The largest absolute Gasteiger partial charge is 0.508 e. The summed E-state index contributed by atoms with van der Waals surface area (Å²) in [6, 6.07) is 12.1. The molecular formula is C26H33Cl2N3O5. The number of benzene rings is 2. The number of anilines is 1. The summed E-state index contributed by atoms with van der Waals surface area (Å²) >= 11 is 11.8. The average Bonchev–Trinajstić information content (AvgIpc) is 2.84. The molecule has 0 aromatic heterocycles. The minimum absolute atomic E-state index is 0.0978. The Labute approximate surface area is 221 Å². The van der Waals surface area contributed by atoms with E-state index in [-0.39, 0.29) is 31.1 Å². The highest BCUT2D eigenvalue weighted by atomic mass is 35.5. The number of hydrogen-bond donors (Lipinski definition) is 3. The molecule has 8 nitrogen and oxygen atoms in total. The molecule has 0 fully saturated rings. The summed E-state index contributed by atoms with van der Waals surface area (Å²) in [5.74, 6) is -0.417. The third kappa shape index (κ3) is 9.59. The van der Waals surface area contributed by atoms with Crippen molar-refractivity contribution in [3.8, 4) is 5.75 Å². The van der Waals surface area contributed by atoms with Crippen molar-refractivity contribution in [2.45, 2.75) is 38.8 Å². The van der Waals surface area contributed by atoms with Crippen molar-refractivity contribution in [3.05, 3.63) is 59.7 Å². The minimum Gasteiger partial charge on any atom is -0.508 e. The lowest BCUT2D eigenvalue weighted by atomic mass is 10.0. The van der Waals surface area contributed by atoms with Crippen molar-refractivity contribution in [2.75, 3.05) is 36.4 Å². The summed E-state index contributed by atoms with van der Waals surface area (Å²) in [7, 11) is 0. The Hall–Kier alpha value is -2.97. The predicted octanol–water partition coefficient (Wildman–Crippen LogP) is 3.01. The highest BCUT2D eigenvalue weighted by molar-refractivity contribution is 6.18. The molecule has 36 heavy (non-hydrogen) atoms. The first-order chi connectivity index (χ1) is 17.3. The first-order valence-corrected chi connectivity index (χ1v) is 12.8. The third-order valence-electron chi connectivity index (χ3n) is 5.41. The van der Waals surface area contributed by atoms with Gasteiger partial charge in [-0.05, 0) is 42.3 Å². The van der Waals surface area contributed by atoms with E-state index in [1.54, 1.807) is 19.1 Å². The number of nitrogens with one attached hydrogen (secondary N) is 2. The molecule has 0 aliphatic rings. The lowest BCUT2D eigenvalue weighted by molar-refractivity contribution is -0.147. The zero-order valence-corrected chi connectivity index (χ0v) is 22.0. The molecule has 0 spiro atoms. The molecule has 2 amide bonds. The Bertz CT molecular complexity index is 980. The van der Waals surface area contributed by atoms with Gasteiger partial charge in [-0.25, -0.2) is 4.79 Å². The van der Waals surface area contributed by atoms with Gasteiger partial charge in [-0.2, -0.15) is 0 Å². The molecule has 2 aromatic carbocycles. The summed E-state index contributed by atoms with van der Waals surface area (Å²) in [4.78, 5) is 39.7. The number of alkyl halides is 2. The van der Waals surface area contributed by atoms with Gasteiger partial charge in [-0.15, -0.1) is 23.2 Å². The van der Waals surface area contributed by atoms with Crippen LogP contribution in [-0.4, -0.2) is 66.4 Å². The first-order valence-electron chi connectivity index (χ1n) is 11.7. The first kappa shape index (κ1) is 29.3. The van der Waals surface area contributed by atoms with Crippen molar-refractivity contribution in [2.24, 2.45) is 0 Å². The van der Waals surface area contributed by atoms with Crippen molar-refractivity contribution >= 4 is 46.7 Å². The lowest BCUT2D eigenvalue weighted by Gasteiger charge is -2.24. The van der Waals surface area contributed by atoms with Gasteiger partial charge in [0.1, 0.15) is 17.8 Å². The number of ether oxygens (including phenoxy) is 1. The van der Waals surface area contributed by atoms with Crippen LogP contribution in [-0.2, 0) is 32.0 Å². The van der Waals surface area contributed by atoms with E-state index >= 15 is 0 Å². The second-order valence-corrected chi connectivity index (χ2v) is 8.93. The number of carbonyl (C=O) groups excluding carboxylic acids is 3. The van der Waals surface area contributed by atoms with Crippen LogP contribution in [0.1, 0.15) is 25.0 Å². The van der Waals surface area contributed by atoms with Crippen LogP contribution in [0.5, 0.6) is 5.75 Å². The second-order valence-electron chi connectivity index (χ2n) is 8.17. The molecule has 0 saturated heterocycles. The van der Waals surface area contributed by atoms with Gasteiger partial charge in [0.15, 0.2) is 0 Å². The number of phenols is 1. The Morgan fingerprint density at radius 1 is 0.889 bits per heavy atom. The van der Waals surface area contributed by atoms with Crippen LogP contribution in [0.25, 0.3) is 0 Å². The van der Waals surface area contributed by atoms with Gasteiger partial charge < -0.3 is 25.4 Å². The van der Waals surface area contributed by atoms with Crippen LogP contribution >= 0.6 is 23.2 Å². The van der Waals surface area contributed by atoms with Gasteiger partial charge in [0.25, 0.3) is 0 Å². The second kappa shape index (κ2) is 15.2. The van der Waals surface area contributed by atoms with E-state index in [2.05, 4.69) is 15.5 Å². The molecule has 0 aliphatic heterocycles. The zero-order chi connectivity index (χ0) is 26.5. The highest BCUT2D eigenvalue weighted by Gasteiger charge is 2.27. The molecule has 2 aromatic rings. The van der Waals surface area contributed by atoms with Crippen LogP contribution in [0.4, 0.5) is 5.69 Å². The number of aromatic hydroxyl groups is 1. The lowest BCUT2D eigenvalue weighted by Crippen LogP contribution is -2.53. The number of halogens is 2. The van der Waals surface area contributed by atoms with Crippen LogP contribution in [0.2, 0.25) is 0 Å². The monoisotopic (exact) mass is 537 g/mol. The fourth-order valence-electron chi connectivity index (χ4n) is 3.68. The summed E-state index contributed by atoms with van der Waals surface area (Å²) in [6.07, 6.45) is 0.398. The van der Waals surface area contributed by atoms with E-state index in [9.17, 15) is 19.5 Å². The van der Waals surface area contributed by atoms with Gasteiger partial charge >= 0.3 is 5.97 Å². The summed E-state index contributed by atoms with van der Waals surface area (Å²) in [6.45, 7) is 4.48. The van der Waals surface area contributed by atoms with Crippen molar-refractivity contribution < 1.29 is 24.2 Å². The Kier molecular flexibility index (Phi) is 12.4. The van der Waals surface area contributed by atoms with E-state index in [1.807, 2.05) is 24.3 Å². The molecule has 196 valence electrons. The molecule has 0 radical (unpaired) electrons. The van der Waals surface area contributed by atoms with E-state index in [4.69, 9.17) is 27.9 Å². The van der Waals surface area contributed by atoms with Gasteiger partial charge in [0, 0.05) is 50.3 Å². The van der Waals surface area contributed by atoms with Crippen LogP contribution in [0.3, 0.4) is 0 Å². The summed E-state index contributed by atoms with van der Waals surface area (Å²) in [5, 5.41) is 14.9. The fourth-order valence-corrected chi connectivity index (χ4v) is 4.09. The molecule has 0 unspecified atom stereocenters. The van der Waals surface area contributed by atoms with Gasteiger partial charge in [0.05, 0.1) is 6.61 Å². The maximum Gasteiger partial charge on any atom is 0.328 e. The molecule has 0 bridgehead atoms. The van der Waals surface area contributed by atoms with Gasteiger partial charge in [0.2, 0.25) is 11.8 Å². The van der Waals surface area contributed by atoms with E-state index in [0.717, 1.165) is 16.8 Å². The quantitative estimate of drug-likeness (QED) is 0.252. The van der Waals surface area contributed by atoms with Crippen molar-refractivity contribution in [1.29, 1.82) is 0 Å². The number of hydrogen-bond acceptors (Lipinski definition) is 6. The minimum atomic E-state index is -0.958. The van der Waals surface area contributed by atoms with Crippen LogP contribution < -0.4 is 15.5 Å². The standard InChI is InChI=1S/C26H33Cl2N3O5/c1-3-36-26(35)24(17-20-6-10-22(33)11-7-20)30-25(34)23(29-18(2)32)16-19-4-8-21(9-5-19)31(14-12-27)15-13-28/h4-11,23-24,33H,3,12-17H2,1-2H3,(H,29,32)(H,30,34)/t23-,24-/m0/s1. The van der Waals surface area contributed by atoms with E-state index in [0.29, 0.717) is 24.8 Å². The normalized spacial score (nSPS) is 12.3. The Morgan fingerprint density at radius 2 is 1.42 bits per heavy atom. The number of phenolic OH excluding ortho intramolecular Hbond substituents is 1. The maximum absolute atomic E-state index is 13.2. The van der Waals surface area contributed by atoms with Crippen molar-refractivity contribution in [1.82, 2.24) is 10.6 Å². The molecule has 0 heterocycles. The summed E-state index contributed by atoms with van der Waals surface area (Å²) in [5.41, 5.74) is 2.52. The number of esters is 1. The molecule has 2 atom stereocenters. The Balaban J connectivity index is 2.17. The smallest absolute Gasteiger partial charge is 0.328 e. The van der Waals surface area contributed by atoms with Gasteiger partial charge in [-0.1, -0.05) is 24.3 Å². The van der Waals surface area contributed by atoms with Crippen LogP contribution in [0.15, 0.2) is 48.5 Å². The fraction of sp³-hybridized carbons (Fsp3) is 0.423. The molecule has 2 rings (SSSR count). The zero-order valence-electron chi connectivity index (χ0n) is 20.5. The van der Waals surface area contributed by atoms with E-state index in [1.165, 1.54) is 19.1 Å². The average molecular weight is 538 g/mol. The number of amides is 2. The predicted molar refractivity (Wildman–Crippen MR) is 142 cm³/mol. The topological polar surface area (TPSA) is 108 Å². The van der Waals surface area contributed by atoms with E-state index < -0.39 is 24.0 Å². The molecular weight excluding hydrogens is 505 g/mol. The molecule has 0 aliphatic carbocycles. The molecule has 3 N–H and O–H groups in total. The van der Waals surface area contributed by atoms with Crippen LogP contribution in [0, 0.1) is 0 Å². The van der Waals surface area contributed by atoms with Gasteiger partial charge in [-0.3, -0.25) is 9.59 Å². The number of nitrogens with zero attached hydrogens (tertiary/aromatic N) is 1. The highest BCUT2D eigenvalue weighted by Crippen LogP contribution is 2.17. The Morgan fingerprint density at radius 3 is 1.92 bits per heavy atom. The molecule has 10 heteroatoms. The molecule has 0 saturated carbocycles. The van der Waals surface area contributed by atoms with Crippen molar-refractivity contribution in [3.63, 3.8) is 0 Å². The maximum atomic E-state index is 13.2. The SMILES string of the molecule is CCOC(=O)[C@H](Cc1ccc(O)cc1)NC(=O)[C@H](Cc1ccc(N(CCCl)CCCl)cc1)NC(C)=O.